The van der Waals surface area contributed by atoms with E-state index in [1.807, 2.05) is 13.0 Å². The summed E-state index contributed by atoms with van der Waals surface area (Å²) in [5, 5.41) is 15.2. The summed E-state index contributed by atoms with van der Waals surface area (Å²) < 4.78 is 11.6. The zero-order valence-corrected chi connectivity index (χ0v) is 14.7. The molecule has 1 fully saturated rings. The second-order valence-electron chi connectivity index (χ2n) is 5.90. The minimum absolute atomic E-state index is 0.0741. The van der Waals surface area contributed by atoms with Crippen molar-refractivity contribution in [3.05, 3.63) is 29.3 Å². The number of aryl methyl sites for hydroxylation is 1. The van der Waals surface area contributed by atoms with Gasteiger partial charge in [0.1, 0.15) is 12.4 Å². The smallest absolute Gasteiger partial charge is 0.191 e. The van der Waals surface area contributed by atoms with Crippen LogP contribution in [0.5, 0.6) is 5.75 Å². The summed E-state index contributed by atoms with van der Waals surface area (Å²) in [6.45, 7) is 7.32. The van der Waals surface area contributed by atoms with Crippen LogP contribution in [0.4, 0.5) is 0 Å². The van der Waals surface area contributed by atoms with Crippen LogP contribution in [-0.4, -0.2) is 50.1 Å². The highest BCUT2D eigenvalue weighted by Gasteiger charge is 2.16. The van der Waals surface area contributed by atoms with Gasteiger partial charge in [0.05, 0.1) is 19.3 Å². The number of benzene rings is 1. The lowest BCUT2D eigenvalue weighted by Crippen LogP contribution is -2.38. The van der Waals surface area contributed by atoms with E-state index in [1.165, 1.54) is 0 Å². The van der Waals surface area contributed by atoms with E-state index in [1.54, 1.807) is 0 Å². The first-order chi connectivity index (χ1) is 11.7. The van der Waals surface area contributed by atoms with Gasteiger partial charge in [-0.15, -0.1) is 0 Å². The van der Waals surface area contributed by atoms with Gasteiger partial charge in [-0.25, -0.2) is 4.99 Å². The Hall–Kier alpha value is -1.79. The second-order valence-corrected chi connectivity index (χ2v) is 5.90. The SMILES string of the molecule is CCNC(=NCc1ccc(C)cc1OCC1CCCO1)NCCO. The monoisotopic (exact) mass is 335 g/mol. The van der Waals surface area contributed by atoms with E-state index in [2.05, 4.69) is 34.7 Å². The van der Waals surface area contributed by atoms with Crippen LogP contribution >= 0.6 is 0 Å². The lowest BCUT2D eigenvalue weighted by Gasteiger charge is -2.15. The van der Waals surface area contributed by atoms with Crippen molar-refractivity contribution in [1.29, 1.82) is 0 Å². The molecule has 1 aliphatic rings. The van der Waals surface area contributed by atoms with Crippen LogP contribution < -0.4 is 15.4 Å². The zero-order chi connectivity index (χ0) is 17.2. The molecule has 0 aliphatic carbocycles. The fourth-order valence-electron chi connectivity index (χ4n) is 2.57. The number of rotatable bonds is 8. The van der Waals surface area contributed by atoms with E-state index in [9.17, 15) is 0 Å². The molecule has 1 aliphatic heterocycles. The third-order valence-electron chi connectivity index (χ3n) is 3.83. The van der Waals surface area contributed by atoms with Crippen LogP contribution in [0.15, 0.2) is 23.2 Å². The van der Waals surface area contributed by atoms with E-state index in [-0.39, 0.29) is 12.7 Å². The maximum Gasteiger partial charge on any atom is 0.191 e. The first kappa shape index (κ1) is 18.5. The quantitative estimate of drug-likeness (QED) is 0.497. The molecule has 6 heteroatoms. The summed E-state index contributed by atoms with van der Waals surface area (Å²) in [6.07, 6.45) is 2.38. The van der Waals surface area contributed by atoms with Crippen LogP contribution in [0.2, 0.25) is 0 Å². The fourth-order valence-corrected chi connectivity index (χ4v) is 2.57. The van der Waals surface area contributed by atoms with Gasteiger partial charge in [-0.05, 0) is 38.3 Å². The minimum atomic E-state index is 0.0741. The van der Waals surface area contributed by atoms with Gasteiger partial charge in [0.25, 0.3) is 0 Å². The molecular formula is C18H29N3O3. The van der Waals surface area contributed by atoms with Crippen molar-refractivity contribution < 1.29 is 14.6 Å². The van der Waals surface area contributed by atoms with Gasteiger partial charge in [0, 0.05) is 25.3 Å². The first-order valence-corrected chi connectivity index (χ1v) is 8.70. The Morgan fingerprint density at radius 2 is 2.29 bits per heavy atom. The van der Waals surface area contributed by atoms with E-state index in [0.29, 0.717) is 25.7 Å². The molecular weight excluding hydrogens is 306 g/mol. The van der Waals surface area contributed by atoms with Gasteiger partial charge in [-0.2, -0.15) is 0 Å². The second kappa shape index (κ2) is 10.2. The summed E-state index contributed by atoms with van der Waals surface area (Å²) in [5.74, 6) is 1.56. The fraction of sp³-hybridized carbons (Fsp3) is 0.611. The molecule has 0 saturated carbocycles. The van der Waals surface area contributed by atoms with Gasteiger partial charge >= 0.3 is 0 Å². The largest absolute Gasteiger partial charge is 0.491 e. The normalized spacial score (nSPS) is 17.8. The van der Waals surface area contributed by atoms with Gasteiger partial charge in [0.2, 0.25) is 0 Å². The topological polar surface area (TPSA) is 75.1 Å². The summed E-state index contributed by atoms with van der Waals surface area (Å²) in [4.78, 5) is 4.56. The summed E-state index contributed by atoms with van der Waals surface area (Å²) in [5.41, 5.74) is 2.20. The van der Waals surface area contributed by atoms with Crippen molar-refractivity contribution in [2.75, 3.05) is 32.9 Å². The Kier molecular flexibility index (Phi) is 7.85. The van der Waals surface area contributed by atoms with Gasteiger partial charge in [-0.1, -0.05) is 12.1 Å². The van der Waals surface area contributed by atoms with Gasteiger partial charge in [-0.3, -0.25) is 0 Å². The number of hydrogen-bond acceptors (Lipinski definition) is 4. The molecule has 6 nitrogen and oxygen atoms in total. The van der Waals surface area contributed by atoms with E-state index >= 15 is 0 Å². The average Bonchev–Trinajstić information content (AvgIpc) is 3.10. The lowest BCUT2D eigenvalue weighted by molar-refractivity contribution is 0.0676. The molecule has 1 heterocycles. The number of aliphatic imine (C=N–C) groups is 1. The Morgan fingerprint density at radius 1 is 1.42 bits per heavy atom. The van der Waals surface area contributed by atoms with E-state index < -0.39 is 0 Å². The molecule has 0 spiro atoms. The zero-order valence-electron chi connectivity index (χ0n) is 14.7. The minimum Gasteiger partial charge on any atom is -0.491 e. The Labute approximate surface area is 144 Å². The molecule has 24 heavy (non-hydrogen) atoms. The van der Waals surface area contributed by atoms with E-state index in [0.717, 1.165) is 42.9 Å². The van der Waals surface area contributed by atoms with Gasteiger partial charge < -0.3 is 25.2 Å². The molecule has 1 unspecified atom stereocenters. The molecule has 1 aromatic rings. The first-order valence-electron chi connectivity index (χ1n) is 8.70. The van der Waals surface area contributed by atoms with Crippen LogP contribution in [0, 0.1) is 6.92 Å². The molecule has 3 N–H and O–H groups in total. The Balaban J connectivity index is 2.01. The van der Waals surface area contributed by atoms with Gasteiger partial charge in [0.15, 0.2) is 5.96 Å². The molecule has 0 amide bonds. The summed E-state index contributed by atoms with van der Waals surface area (Å²) >= 11 is 0. The van der Waals surface area contributed by atoms with Crippen molar-refractivity contribution in [2.45, 2.75) is 39.3 Å². The third kappa shape index (κ3) is 6.02. The number of guanidine groups is 1. The predicted octanol–water partition coefficient (Wildman–Crippen LogP) is 1.60. The third-order valence-corrected chi connectivity index (χ3v) is 3.83. The van der Waals surface area contributed by atoms with Crippen molar-refractivity contribution in [2.24, 2.45) is 4.99 Å². The highest BCUT2D eigenvalue weighted by atomic mass is 16.5. The van der Waals surface area contributed by atoms with Crippen molar-refractivity contribution in [3.8, 4) is 5.75 Å². The Bertz CT molecular complexity index is 528. The molecule has 0 aromatic heterocycles. The highest BCUT2D eigenvalue weighted by molar-refractivity contribution is 5.79. The number of nitrogens with zero attached hydrogens (tertiary/aromatic N) is 1. The molecule has 1 saturated heterocycles. The molecule has 2 rings (SSSR count). The highest BCUT2D eigenvalue weighted by Crippen LogP contribution is 2.23. The summed E-state index contributed by atoms with van der Waals surface area (Å²) in [6, 6.07) is 6.17. The number of hydrogen-bond donors (Lipinski definition) is 3. The molecule has 0 radical (unpaired) electrons. The van der Waals surface area contributed by atoms with Crippen LogP contribution in [0.3, 0.4) is 0 Å². The van der Waals surface area contributed by atoms with Crippen molar-refractivity contribution in [3.63, 3.8) is 0 Å². The van der Waals surface area contributed by atoms with Crippen molar-refractivity contribution >= 4 is 5.96 Å². The van der Waals surface area contributed by atoms with Crippen LogP contribution in [-0.2, 0) is 11.3 Å². The molecule has 1 atom stereocenters. The van der Waals surface area contributed by atoms with Crippen molar-refractivity contribution in [1.82, 2.24) is 10.6 Å². The average molecular weight is 335 g/mol. The number of aliphatic hydroxyl groups is 1. The maximum atomic E-state index is 8.94. The predicted molar refractivity (Wildman–Crippen MR) is 95.6 cm³/mol. The lowest BCUT2D eigenvalue weighted by atomic mass is 10.1. The van der Waals surface area contributed by atoms with Crippen LogP contribution in [0.25, 0.3) is 0 Å². The molecule has 134 valence electrons. The maximum absolute atomic E-state index is 8.94. The van der Waals surface area contributed by atoms with Crippen LogP contribution in [0.1, 0.15) is 30.9 Å². The number of aliphatic hydroxyl groups excluding tert-OH is 1. The summed E-state index contributed by atoms with van der Waals surface area (Å²) in [7, 11) is 0. The number of ether oxygens (including phenoxy) is 2. The van der Waals surface area contributed by atoms with E-state index in [4.69, 9.17) is 14.6 Å². The standard InChI is InChI=1S/C18H29N3O3/c1-3-19-18(20-8-9-22)21-12-15-7-6-14(2)11-17(15)24-13-16-5-4-10-23-16/h6-7,11,16,22H,3-5,8-10,12-13H2,1-2H3,(H2,19,20,21). The molecule has 0 bridgehead atoms. The Morgan fingerprint density at radius 3 is 3.00 bits per heavy atom. The number of nitrogens with one attached hydrogen (secondary N) is 2. The molecule has 1 aromatic carbocycles.